The summed E-state index contributed by atoms with van der Waals surface area (Å²) in [6.45, 7) is 6.54. The van der Waals surface area contributed by atoms with Crippen LogP contribution in [-0.2, 0) is 6.42 Å². The average Bonchev–Trinajstić information content (AvgIpc) is 1.97. The molecule has 0 bridgehead atoms. The zero-order valence-electron chi connectivity index (χ0n) is 7.89. The van der Waals surface area contributed by atoms with Gasteiger partial charge in [0, 0.05) is 5.02 Å². The van der Waals surface area contributed by atoms with E-state index in [1.165, 1.54) is 11.1 Å². The molecule has 0 N–H and O–H groups in total. The molecule has 0 aliphatic heterocycles. The van der Waals surface area contributed by atoms with Crippen molar-refractivity contribution in [3.8, 4) is 0 Å². The van der Waals surface area contributed by atoms with Gasteiger partial charge in [0.1, 0.15) is 0 Å². The molecule has 66 valence electrons. The molecule has 0 saturated heterocycles. The van der Waals surface area contributed by atoms with Crippen LogP contribution < -0.4 is 0 Å². The lowest BCUT2D eigenvalue weighted by molar-refractivity contribution is 0.645. The Morgan fingerprint density at radius 3 is 2.50 bits per heavy atom. The number of benzene rings is 1. The van der Waals surface area contributed by atoms with Crippen LogP contribution >= 0.6 is 11.6 Å². The lowest BCUT2D eigenvalue weighted by atomic mass is 9.99. The van der Waals surface area contributed by atoms with E-state index in [9.17, 15) is 0 Å². The number of aryl methyl sites for hydroxylation is 1. The lowest BCUT2D eigenvalue weighted by Crippen LogP contribution is -1.97. The van der Waals surface area contributed by atoms with Crippen LogP contribution in [0.3, 0.4) is 0 Å². The third kappa shape index (κ3) is 2.25. The molecule has 0 fully saturated rings. The first-order valence-corrected chi connectivity index (χ1v) is 4.73. The normalized spacial score (nSPS) is 10.8. The second kappa shape index (κ2) is 3.95. The van der Waals surface area contributed by atoms with Crippen molar-refractivity contribution in [2.45, 2.75) is 27.2 Å². The van der Waals surface area contributed by atoms with E-state index in [1.807, 2.05) is 12.1 Å². The molecule has 1 aromatic carbocycles. The van der Waals surface area contributed by atoms with Crippen LogP contribution in [-0.4, -0.2) is 0 Å². The Balaban J connectivity index is 2.96. The smallest absolute Gasteiger partial charge is 0.0440 e. The minimum absolute atomic E-state index is 0.670. The molecule has 0 heterocycles. The van der Waals surface area contributed by atoms with Crippen molar-refractivity contribution in [1.29, 1.82) is 0 Å². The fourth-order valence-electron chi connectivity index (χ4n) is 1.33. The SMILES string of the molecule is Cc1cccc(Cl)c1CC(C)C. The summed E-state index contributed by atoms with van der Waals surface area (Å²) in [5.74, 6) is 0.670. The van der Waals surface area contributed by atoms with Crippen molar-refractivity contribution >= 4 is 11.6 Å². The molecule has 0 aliphatic carbocycles. The number of rotatable bonds is 2. The predicted molar refractivity (Wildman–Crippen MR) is 54.7 cm³/mol. The first-order chi connectivity index (χ1) is 5.61. The molecule has 0 saturated carbocycles. The van der Waals surface area contributed by atoms with Gasteiger partial charge in [0.2, 0.25) is 0 Å². The second-order valence-corrected chi connectivity index (χ2v) is 4.04. The number of halogens is 1. The summed E-state index contributed by atoms with van der Waals surface area (Å²) < 4.78 is 0. The van der Waals surface area contributed by atoms with E-state index < -0.39 is 0 Å². The van der Waals surface area contributed by atoms with E-state index in [-0.39, 0.29) is 0 Å². The minimum atomic E-state index is 0.670. The molecular weight excluding hydrogens is 168 g/mol. The third-order valence-electron chi connectivity index (χ3n) is 1.97. The van der Waals surface area contributed by atoms with Gasteiger partial charge in [-0.05, 0) is 36.5 Å². The highest BCUT2D eigenvalue weighted by molar-refractivity contribution is 6.31. The van der Waals surface area contributed by atoms with Crippen LogP contribution in [0.2, 0.25) is 5.02 Å². The summed E-state index contributed by atoms with van der Waals surface area (Å²) in [5.41, 5.74) is 2.60. The number of hydrogen-bond donors (Lipinski definition) is 0. The molecule has 0 radical (unpaired) electrons. The first-order valence-electron chi connectivity index (χ1n) is 4.35. The van der Waals surface area contributed by atoms with Crippen molar-refractivity contribution in [3.05, 3.63) is 34.3 Å². The van der Waals surface area contributed by atoms with Crippen LogP contribution in [0.15, 0.2) is 18.2 Å². The lowest BCUT2D eigenvalue weighted by Gasteiger charge is -2.09. The number of hydrogen-bond acceptors (Lipinski definition) is 0. The largest absolute Gasteiger partial charge is 0.0840 e. The quantitative estimate of drug-likeness (QED) is 0.652. The third-order valence-corrected chi connectivity index (χ3v) is 2.32. The van der Waals surface area contributed by atoms with Gasteiger partial charge in [-0.1, -0.05) is 37.6 Å². The van der Waals surface area contributed by atoms with Crippen LogP contribution in [0.25, 0.3) is 0 Å². The van der Waals surface area contributed by atoms with Gasteiger partial charge in [0.15, 0.2) is 0 Å². The zero-order valence-corrected chi connectivity index (χ0v) is 8.65. The van der Waals surface area contributed by atoms with E-state index in [0.717, 1.165) is 11.4 Å². The Hall–Kier alpha value is -0.490. The van der Waals surface area contributed by atoms with Gasteiger partial charge >= 0.3 is 0 Å². The zero-order chi connectivity index (χ0) is 9.14. The Kier molecular flexibility index (Phi) is 3.16. The Labute approximate surface area is 79.6 Å². The maximum atomic E-state index is 6.07. The van der Waals surface area contributed by atoms with Crippen LogP contribution in [0.5, 0.6) is 0 Å². The molecule has 1 aromatic rings. The van der Waals surface area contributed by atoms with Gasteiger partial charge in [-0.2, -0.15) is 0 Å². The molecule has 0 unspecified atom stereocenters. The van der Waals surface area contributed by atoms with E-state index in [4.69, 9.17) is 11.6 Å². The highest BCUT2D eigenvalue weighted by Crippen LogP contribution is 2.22. The van der Waals surface area contributed by atoms with E-state index in [1.54, 1.807) is 0 Å². The maximum Gasteiger partial charge on any atom is 0.0440 e. The van der Waals surface area contributed by atoms with Gasteiger partial charge in [0.25, 0.3) is 0 Å². The molecule has 1 heteroatoms. The van der Waals surface area contributed by atoms with Gasteiger partial charge < -0.3 is 0 Å². The summed E-state index contributed by atoms with van der Waals surface area (Å²) in [6.07, 6.45) is 1.07. The average molecular weight is 183 g/mol. The molecule has 0 amide bonds. The van der Waals surface area contributed by atoms with Crippen LogP contribution in [0, 0.1) is 12.8 Å². The van der Waals surface area contributed by atoms with Crippen molar-refractivity contribution in [2.75, 3.05) is 0 Å². The van der Waals surface area contributed by atoms with E-state index >= 15 is 0 Å². The molecule has 0 spiro atoms. The molecule has 0 atom stereocenters. The fourth-order valence-corrected chi connectivity index (χ4v) is 1.63. The monoisotopic (exact) mass is 182 g/mol. The summed E-state index contributed by atoms with van der Waals surface area (Å²) in [5, 5.41) is 0.906. The van der Waals surface area contributed by atoms with Crippen molar-refractivity contribution in [1.82, 2.24) is 0 Å². The topological polar surface area (TPSA) is 0 Å². The Morgan fingerprint density at radius 2 is 2.00 bits per heavy atom. The van der Waals surface area contributed by atoms with Gasteiger partial charge in [-0.3, -0.25) is 0 Å². The summed E-state index contributed by atoms with van der Waals surface area (Å²) in [4.78, 5) is 0. The summed E-state index contributed by atoms with van der Waals surface area (Å²) in [7, 11) is 0. The molecule has 0 nitrogen and oxygen atoms in total. The van der Waals surface area contributed by atoms with Gasteiger partial charge in [-0.25, -0.2) is 0 Å². The van der Waals surface area contributed by atoms with Crippen LogP contribution in [0.1, 0.15) is 25.0 Å². The highest BCUT2D eigenvalue weighted by atomic mass is 35.5. The van der Waals surface area contributed by atoms with Crippen molar-refractivity contribution in [2.24, 2.45) is 5.92 Å². The molecular formula is C11H15Cl. The second-order valence-electron chi connectivity index (χ2n) is 3.63. The summed E-state index contributed by atoms with van der Waals surface area (Å²) in [6, 6.07) is 6.08. The Bertz CT molecular complexity index is 243. The van der Waals surface area contributed by atoms with Crippen molar-refractivity contribution < 1.29 is 0 Å². The van der Waals surface area contributed by atoms with E-state index in [2.05, 4.69) is 26.8 Å². The van der Waals surface area contributed by atoms with E-state index in [0.29, 0.717) is 5.92 Å². The molecule has 0 aliphatic rings. The molecule has 1 rings (SSSR count). The molecule has 0 aromatic heterocycles. The highest BCUT2D eigenvalue weighted by Gasteiger charge is 2.04. The van der Waals surface area contributed by atoms with Crippen LogP contribution in [0.4, 0.5) is 0 Å². The minimum Gasteiger partial charge on any atom is -0.0840 e. The summed E-state index contributed by atoms with van der Waals surface area (Å²) >= 11 is 6.07. The molecule has 12 heavy (non-hydrogen) atoms. The standard InChI is InChI=1S/C11H15Cl/c1-8(2)7-10-9(3)5-4-6-11(10)12/h4-6,8H,7H2,1-3H3. The predicted octanol–water partition coefficient (Wildman–Crippen LogP) is 3.85. The fraction of sp³-hybridized carbons (Fsp3) is 0.455. The van der Waals surface area contributed by atoms with Gasteiger partial charge in [-0.15, -0.1) is 0 Å². The Morgan fingerprint density at radius 1 is 1.33 bits per heavy atom. The maximum absolute atomic E-state index is 6.07. The van der Waals surface area contributed by atoms with Gasteiger partial charge in [0.05, 0.1) is 0 Å². The van der Waals surface area contributed by atoms with Crippen molar-refractivity contribution in [3.63, 3.8) is 0 Å². The first kappa shape index (κ1) is 9.60.